The Morgan fingerprint density at radius 1 is 1.00 bits per heavy atom. The summed E-state index contributed by atoms with van der Waals surface area (Å²) in [5.41, 5.74) is 5.24. The summed E-state index contributed by atoms with van der Waals surface area (Å²) < 4.78 is 15.7. The van der Waals surface area contributed by atoms with Gasteiger partial charge in [-0.25, -0.2) is 9.79 Å². The van der Waals surface area contributed by atoms with Gasteiger partial charge < -0.3 is 14.0 Å². The molecule has 45 heavy (non-hydrogen) atoms. The number of hydrogen-bond donors (Lipinski definition) is 0. The van der Waals surface area contributed by atoms with Crippen molar-refractivity contribution in [1.29, 1.82) is 0 Å². The maximum Gasteiger partial charge on any atom is 0.338 e. The first-order valence-electron chi connectivity index (χ1n) is 14.7. The van der Waals surface area contributed by atoms with Gasteiger partial charge >= 0.3 is 5.97 Å². The van der Waals surface area contributed by atoms with E-state index in [1.807, 2.05) is 68.5 Å². The van der Waals surface area contributed by atoms with E-state index in [1.165, 1.54) is 11.3 Å². The molecule has 2 aromatic heterocycles. The smallest absolute Gasteiger partial charge is 0.338 e. The molecule has 0 saturated heterocycles. The predicted molar refractivity (Wildman–Crippen MR) is 180 cm³/mol. The monoisotopic (exact) mass is 659 g/mol. The highest BCUT2D eigenvalue weighted by atomic mass is 35.5. The van der Waals surface area contributed by atoms with Crippen molar-refractivity contribution < 1.29 is 14.3 Å². The third-order valence-corrected chi connectivity index (χ3v) is 9.63. The van der Waals surface area contributed by atoms with Crippen LogP contribution in [0.1, 0.15) is 49.2 Å². The van der Waals surface area contributed by atoms with Crippen molar-refractivity contribution in [2.24, 2.45) is 4.99 Å². The number of carbonyl (C=O) groups is 1. The van der Waals surface area contributed by atoms with Crippen LogP contribution in [0.4, 0.5) is 0 Å². The zero-order chi connectivity index (χ0) is 31.8. The number of benzene rings is 3. The number of allylic oxidation sites excluding steroid dienone is 1. The minimum atomic E-state index is -0.762. The number of aromatic nitrogens is 2. The Bertz CT molecular complexity index is 2180. The zero-order valence-corrected chi connectivity index (χ0v) is 27.6. The van der Waals surface area contributed by atoms with E-state index in [1.54, 1.807) is 24.5 Å². The number of esters is 1. The maximum atomic E-state index is 14.4. The molecule has 3 aromatic carbocycles. The quantitative estimate of drug-likeness (QED) is 0.171. The standard InChI is InChI=1S/C35H31Cl2N3O4S/c1-5-43-29-14-10-8-12-24(29)32-31(34(42)44-6-2)20(3)38-35-40(32)33(41)30(45-35)18-25-21(4)39(28-13-9-7-11-23(25)28)19-22-15-16-26(36)27(37)17-22/h7-18,32H,5-6,19H2,1-4H3/b30-18-/t32-/m0/s1. The van der Waals surface area contributed by atoms with E-state index in [4.69, 9.17) is 37.7 Å². The molecule has 0 amide bonds. The normalized spacial score (nSPS) is 14.9. The highest BCUT2D eigenvalue weighted by molar-refractivity contribution is 7.07. The molecular formula is C35H31Cl2N3O4S. The lowest BCUT2D eigenvalue weighted by molar-refractivity contribution is -0.139. The third kappa shape index (κ3) is 5.63. The molecule has 0 N–H and O–H groups in total. The van der Waals surface area contributed by atoms with Crippen LogP contribution in [0.2, 0.25) is 10.0 Å². The van der Waals surface area contributed by atoms with Gasteiger partial charge in [0.25, 0.3) is 5.56 Å². The first-order chi connectivity index (χ1) is 21.7. The molecule has 0 radical (unpaired) electrons. The zero-order valence-electron chi connectivity index (χ0n) is 25.3. The van der Waals surface area contributed by atoms with Gasteiger partial charge in [0.1, 0.15) is 11.8 Å². The van der Waals surface area contributed by atoms with Crippen molar-refractivity contribution in [3.05, 3.63) is 130 Å². The number of carbonyl (C=O) groups excluding carboxylic acids is 1. The van der Waals surface area contributed by atoms with Crippen LogP contribution in [0.25, 0.3) is 17.0 Å². The fraction of sp³-hybridized carbons (Fsp3) is 0.229. The van der Waals surface area contributed by atoms with Crippen molar-refractivity contribution in [2.75, 3.05) is 13.2 Å². The first-order valence-corrected chi connectivity index (χ1v) is 16.2. The fourth-order valence-electron chi connectivity index (χ4n) is 5.87. The van der Waals surface area contributed by atoms with E-state index in [0.29, 0.717) is 55.1 Å². The molecule has 0 bridgehead atoms. The summed E-state index contributed by atoms with van der Waals surface area (Å²) in [7, 11) is 0. The molecule has 5 aromatic rings. The van der Waals surface area contributed by atoms with Gasteiger partial charge in [-0.05, 0) is 63.6 Å². The molecule has 0 fully saturated rings. The van der Waals surface area contributed by atoms with E-state index in [-0.39, 0.29) is 12.2 Å². The molecule has 0 unspecified atom stereocenters. The molecule has 0 aliphatic carbocycles. The molecule has 230 valence electrons. The summed E-state index contributed by atoms with van der Waals surface area (Å²) in [5.74, 6) is 0.0860. The minimum absolute atomic E-state index is 0.200. The summed E-state index contributed by atoms with van der Waals surface area (Å²) in [5, 5.41) is 2.03. The number of para-hydroxylation sites is 2. The summed E-state index contributed by atoms with van der Waals surface area (Å²) in [6, 6.07) is 20.5. The average Bonchev–Trinajstić information content (AvgIpc) is 3.47. The van der Waals surface area contributed by atoms with Gasteiger partial charge in [0.2, 0.25) is 0 Å². The van der Waals surface area contributed by atoms with Gasteiger partial charge in [-0.3, -0.25) is 9.36 Å². The predicted octanol–water partition coefficient (Wildman–Crippen LogP) is 6.82. The van der Waals surface area contributed by atoms with Crippen LogP contribution < -0.4 is 19.6 Å². The Hall–Kier alpha value is -4.11. The molecule has 3 heterocycles. The van der Waals surface area contributed by atoms with Crippen molar-refractivity contribution in [3.63, 3.8) is 0 Å². The molecule has 10 heteroatoms. The summed E-state index contributed by atoms with van der Waals surface area (Å²) in [6.45, 7) is 8.69. The summed E-state index contributed by atoms with van der Waals surface area (Å²) in [6.07, 6.45) is 1.93. The number of ether oxygens (including phenoxy) is 2. The van der Waals surface area contributed by atoms with Crippen molar-refractivity contribution in [3.8, 4) is 5.75 Å². The van der Waals surface area contributed by atoms with Gasteiger partial charge in [0.15, 0.2) is 4.80 Å². The number of nitrogens with zero attached hydrogens (tertiary/aromatic N) is 3. The number of halogens is 2. The number of fused-ring (bicyclic) bond motifs is 2. The molecule has 0 saturated carbocycles. The largest absolute Gasteiger partial charge is 0.494 e. The van der Waals surface area contributed by atoms with E-state index in [2.05, 4.69) is 16.7 Å². The second-order valence-corrected chi connectivity index (χ2v) is 12.4. The Morgan fingerprint density at radius 3 is 2.51 bits per heavy atom. The highest BCUT2D eigenvalue weighted by Crippen LogP contribution is 2.36. The van der Waals surface area contributed by atoms with E-state index in [0.717, 1.165) is 27.7 Å². The van der Waals surface area contributed by atoms with Gasteiger partial charge in [0.05, 0.1) is 39.1 Å². The Labute approximate surface area is 274 Å². The summed E-state index contributed by atoms with van der Waals surface area (Å²) >= 11 is 13.8. The van der Waals surface area contributed by atoms with Crippen molar-refractivity contribution in [1.82, 2.24) is 9.13 Å². The summed E-state index contributed by atoms with van der Waals surface area (Å²) in [4.78, 5) is 32.9. The SMILES string of the molecule is CCOC(=O)C1=C(C)N=c2s/c(=C\c3c(C)n(Cc4ccc(Cl)c(Cl)c4)c4ccccc34)c(=O)n2[C@H]1c1ccccc1OCC. The lowest BCUT2D eigenvalue weighted by atomic mass is 9.95. The number of rotatable bonds is 8. The van der Waals surface area contributed by atoms with Crippen LogP contribution >= 0.6 is 34.5 Å². The molecule has 1 atom stereocenters. The second kappa shape index (κ2) is 12.7. The topological polar surface area (TPSA) is 74.8 Å². The minimum Gasteiger partial charge on any atom is -0.494 e. The number of thiazole rings is 1. The lowest BCUT2D eigenvalue weighted by Crippen LogP contribution is -2.40. The first kappa shape index (κ1) is 30.9. The molecule has 1 aliphatic rings. The fourth-order valence-corrected chi connectivity index (χ4v) is 7.22. The van der Waals surface area contributed by atoms with Crippen molar-refractivity contribution in [2.45, 2.75) is 40.3 Å². The maximum absolute atomic E-state index is 14.4. The van der Waals surface area contributed by atoms with Crippen LogP contribution in [0.5, 0.6) is 5.75 Å². The Morgan fingerprint density at radius 2 is 1.76 bits per heavy atom. The van der Waals surface area contributed by atoms with Crippen molar-refractivity contribution >= 4 is 57.5 Å². The second-order valence-electron chi connectivity index (χ2n) is 10.6. The average molecular weight is 661 g/mol. The van der Waals surface area contributed by atoms with Crippen LogP contribution in [-0.4, -0.2) is 28.3 Å². The van der Waals surface area contributed by atoms with Gasteiger partial charge in [-0.1, -0.05) is 77.0 Å². The third-order valence-electron chi connectivity index (χ3n) is 7.91. The lowest BCUT2D eigenvalue weighted by Gasteiger charge is -2.26. The van der Waals surface area contributed by atoms with Gasteiger partial charge in [-0.2, -0.15) is 0 Å². The van der Waals surface area contributed by atoms with Gasteiger partial charge in [0, 0.05) is 34.3 Å². The van der Waals surface area contributed by atoms with Crippen LogP contribution in [0, 0.1) is 6.92 Å². The number of hydrogen-bond acceptors (Lipinski definition) is 6. The Kier molecular flexibility index (Phi) is 8.73. The van der Waals surface area contributed by atoms with Crippen LogP contribution in [0.15, 0.2) is 87.8 Å². The van der Waals surface area contributed by atoms with E-state index in [9.17, 15) is 9.59 Å². The van der Waals surface area contributed by atoms with Crippen LogP contribution in [-0.2, 0) is 16.1 Å². The molecular weight excluding hydrogens is 629 g/mol. The Balaban J connectivity index is 1.55. The van der Waals surface area contributed by atoms with Gasteiger partial charge in [-0.15, -0.1) is 0 Å². The van der Waals surface area contributed by atoms with Crippen LogP contribution in [0.3, 0.4) is 0 Å². The molecule has 1 aliphatic heterocycles. The molecule has 0 spiro atoms. The van der Waals surface area contributed by atoms with E-state index >= 15 is 0 Å². The highest BCUT2D eigenvalue weighted by Gasteiger charge is 2.35. The molecule has 6 rings (SSSR count). The molecule has 7 nitrogen and oxygen atoms in total. The van der Waals surface area contributed by atoms with E-state index < -0.39 is 12.0 Å².